The lowest BCUT2D eigenvalue weighted by molar-refractivity contribution is -0.187. The molecule has 2 aliphatic rings. The lowest BCUT2D eigenvalue weighted by atomic mass is 9.78. The van der Waals surface area contributed by atoms with Crippen LogP contribution in [0, 0.1) is 5.41 Å². The minimum atomic E-state index is 0.485. The number of thioether (sulfide) groups is 1. The zero-order chi connectivity index (χ0) is 16.3. The molecule has 0 N–H and O–H groups in total. The van der Waals surface area contributed by atoms with Crippen molar-refractivity contribution >= 4 is 23.1 Å². The number of aryl methyl sites for hydroxylation is 1. The van der Waals surface area contributed by atoms with Crippen LogP contribution in [0.4, 0.5) is 5.69 Å². The van der Waals surface area contributed by atoms with Gasteiger partial charge in [-0.05, 0) is 24.1 Å². The number of ether oxygens (including phenoxy) is 1. The first-order valence-electron chi connectivity index (χ1n) is 8.40. The minimum Gasteiger partial charge on any atom is -0.380 e. The molecule has 126 valence electrons. The van der Waals surface area contributed by atoms with Crippen LogP contribution in [0.1, 0.15) is 18.9 Å². The molecule has 2 heterocycles. The molecule has 0 saturated carbocycles. The van der Waals surface area contributed by atoms with Gasteiger partial charge in [-0.3, -0.25) is 4.79 Å². The van der Waals surface area contributed by atoms with Gasteiger partial charge >= 0.3 is 0 Å². The van der Waals surface area contributed by atoms with E-state index in [-0.39, 0.29) is 0 Å². The fourth-order valence-electron chi connectivity index (χ4n) is 3.51. The number of rotatable bonds is 8. The molecule has 0 atom stereocenters. The number of nitrogens with zero attached hydrogens (tertiary/aromatic N) is 2. The highest BCUT2D eigenvalue weighted by atomic mass is 32.2. The van der Waals surface area contributed by atoms with Crippen LogP contribution in [-0.2, 0) is 16.0 Å². The molecule has 1 aromatic rings. The highest BCUT2D eigenvalue weighted by Gasteiger charge is 2.48. The fraction of sp³-hybridized carbons (Fsp3) is 0.611. The maximum absolute atomic E-state index is 11.0. The van der Waals surface area contributed by atoms with Crippen LogP contribution in [0.15, 0.2) is 23.1 Å². The van der Waals surface area contributed by atoms with Crippen LogP contribution in [0.3, 0.4) is 0 Å². The Kier molecular flexibility index (Phi) is 5.29. The van der Waals surface area contributed by atoms with E-state index >= 15 is 0 Å². The lowest BCUT2D eigenvalue weighted by Crippen LogP contribution is -2.66. The van der Waals surface area contributed by atoms with Gasteiger partial charge in [-0.1, -0.05) is 31.2 Å². The zero-order valence-corrected chi connectivity index (χ0v) is 14.9. The molecular weight excluding hydrogens is 308 g/mol. The van der Waals surface area contributed by atoms with Gasteiger partial charge in [0, 0.05) is 43.5 Å². The van der Waals surface area contributed by atoms with Crippen molar-refractivity contribution in [3.05, 3.63) is 23.8 Å². The van der Waals surface area contributed by atoms with Gasteiger partial charge in [-0.15, -0.1) is 0 Å². The first kappa shape index (κ1) is 16.8. The van der Waals surface area contributed by atoms with Crippen LogP contribution in [-0.4, -0.2) is 57.0 Å². The Bertz CT molecular complexity index is 552. The van der Waals surface area contributed by atoms with Gasteiger partial charge in [0.1, 0.15) is 0 Å². The average molecular weight is 334 g/mol. The predicted molar refractivity (Wildman–Crippen MR) is 96.0 cm³/mol. The van der Waals surface area contributed by atoms with Gasteiger partial charge in [0.25, 0.3) is 0 Å². The molecule has 0 amide bonds. The summed E-state index contributed by atoms with van der Waals surface area (Å²) < 4.78 is 5.32. The van der Waals surface area contributed by atoms with Crippen LogP contribution < -0.4 is 4.90 Å². The first-order valence-corrected chi connectivity index (χ1v) is 9.28. The second kappa shape index (κ2) is 7.24. The van der Waals surface area contributed by atoms with E-state index in [9.17, 15) is 4.79 Å². The van der Waals surface area contributed by atoms with E-state index in [1.54, 1.807) is 0 Å². The topological polar surface area (TPSA) is 32.8 Å². The lowest BCUT2D eigenvalue weighted by Gasteiger charge is -2.55. The second-order valence-electron chi connectivity index (χ2n) is 6.89. The Labute approximate surface area is 143 Å². The van der Waals surface area contributed by atoms with E-state index in [0.29, 0.717) is 5.41 Å². The molecule has 2 aliphatic heterocycles. The van der Waals surface area contributed by atoms with Crippen molar-refractivity contribution in [2.24, 2.45) is 5.41 Å². The second-order valence-corrected chi connectivity index (χ2v) is 7.76. The number of likely N-dealkylation sites (tertiary alicyclic amines) is 1. The van der Waals surface area contributed by atoms with Crippen molar-refractivity contribution in [1.29, 1.82) is 0 Å². The van der Waals surface area contributed by atoms with Crippen LogP contribution in [0.2, 0.25) is 0 Å². The summed E-state index contributed by atoms with van der Waals surface area (Å²) in [6, 6.07) is 6.52. The summed E-state index contributed by atoms with van der Waals surface area (Å²) in [4.78, 5) is 16.8. The molecule has 1 spiro atoms. The summed E-state index contributed by atoms with van der Waals surface area (Å²) in [6.07, 6.45) is 2.19. The third kappa shape index (κ3) is 3.73. The summed E-state index contributed by atoms with van der Waals surface area (Å²) in [6.45, 7) is 8.46. The van der Waals surface area contributed by atoms with E-state index in [0.717, 1.165) is 55.3 Å². The first-order chi connectivity index (χ1) is 11.2. The van der Waals surface area contributed by atoms with Gasteiger partial charge < -0.3 is 14.5 Å². The number of carbonyl (C=O) groups is 1. The largest absolute Gasteiger partial charge is 0.380 e. The minimum absolute atomic E-state index is 0.485. The number of likely N-dealkylation sites (N-methyl/N-ethyl adjacent to an activating group) is 1. The molecule has 2 fully saturated rings. The van der Waals surface area contributed by atoms with Gasteiger partial charge in [0.2, 0.25) is 0 Å². The number of hydrogen-bond acceptors (Lipinski definition) is 5. The molecule has 0 unspecified atom stereocenters. The van der Waals surface area contributed by atoms with Gasteiger partial charge in [-0.25, -0.2) is 0 Å². The van der Waals surface area contributed by atoms with Crippen molar-refractivity contribution in [1.82, 2.24) is 4.90 Å². The number of hydrogen-bond donors (Lipinski definition) is 0. The Hall–Kier alpha value is -1.04. The third-order valence-corrected chi connectivity index (χ3v) is 5.51. The van der Waals surface area contributed by atoms with Crippen LogP contribution >= 0.6 is 11.8 Å². The summed E-state index contributed by atoms with van der Waals surface area (Å²) in [5, 5.41) is 0. The maximum Gasteiger partial charge on any atom is 0.181 e. The van der Waals surface area contributed by atoms with Crippen LogP contribution in [0.5, 0.6) is 0 Å². The standard InChI is InChI=1S/C18H26N2O2S/c1-3-4-15-5-6-16(17(9-15)23-14-21)19(2)7-8-20-10-18(11-20)12-22-13-18/h5-6,9,14H,3-4,7-8,10-13H2,1-2H3. The highest BCUT2D eigenvalue weighted by Crippen LogP contribution is 2.37. The normalized spacial score (nSPS) is 19.2. The molecule has 2 saturated heterocycles. The van der Waals surface area contributed by atoms with E-state index in [1.807, 2.05) is 0 Å². The van der Waals surface area contributed by atoms with E-state index in [4.69, 9.17) is 4.74 Å². The Morgan fingerprint density at radius 2 is 2.17 bits per heavy atom. The summed E-state index contributed by atoms with van der Waals surface area (Å²) in [7, 11) is 2.12. The van der Waals surface area contributed by atoms with Crippen molar-refractivity contribution in [2.75, 3.05) is 51.3 Å². The molecule has 0 bridgehead atoms. The molecule has 0 aromatic heterocycles. The molecule has 3 rings (SSSR count). The van der Waals surface area contributed by atoms with Gasteiger partial charge in [0.15, 0.2) is 5.62 Å². The number of carbonyl (C=O) groups excluding carboxylic acids is 1. The summed E-state index contributed by atoms with van der Waals surface area (Å²) in [5.41, 5.74) is 3.88. The molecule has 5 heteroatoms. The van der Waals surface area contributed by atoms with E-state index in [2.05, 4.69) is 42.0 Å². The monoisotopic (exact) mass is 334 g/mol. The van der Waals surface area contributed by atoms with Gasteiger partial charge in [-0.2, -0.15) is 0 Å². The van der Waals surface area contributed by atoms with Crippen molar-refractivity contribution in [2.45, 2.75) is 24.7 Å². The predicted octanol–water partition coefficient (Wildman–Crippen LogP) is 2.69. The number of benzene rings is 1. The van der Waals surface area contributed by atoms with Crippen molar-refractivity contribution in [3.8, 4) is 0 Å². The quantitative estimate of drug-likeness (QED) is 0.539. The summed E-state index contributed by atoms with van der Waals surface area (Å²) >= 11 is 1.28. The smallest absolute Gasteiger partial charge is 0.181 e. The summed E-state index contributed by atoms with van der Waals surface area (Å²) in [5.74, 6) is 0. The Morgan fingerprint density at radius 3 is 2.78 bits per heavy atom. The fourth-order valence-corrected chi connectivity index (χ4v) is 4.18. The van der Waals surface area contributed by atoms with Gasteiger partial charge in [0.05, 0.1) is 18.9 Å². The molecular formula is C18H26N2O2S. The van der Waals surface area contributed by atoms with E-state index < -0.39 is 0 Å². The van der Waals surface area contributed by atoms with Crippen LogP contribution in [0.25, 0.3) is 0 Å². The Balaban J connectivity index is 1.57. The molecule has 1 aromatic carbocycles. The Morgan fingerprint density at radius 1 is 1.39 bits per heavy atom. The zero-order valence-electron chi connectivity index (χ0n) is 14.1. The SMILES string of the molecule is CCCc1ccc(N(C)CCN2CC3(COC3)C2)c(SC=O)c1. The molecule has 23 heavy (non-hydrogen) atoms. The maximum atomic E-state index is 11.0. The third-order valence-electron chi connectivity index (χ3n) is 4.84. The van der Waals surface area contributed by atoms with E-state index in [1.165, 1.54) is 30.4 Å². The number of anilines is 1. The van der Waals surface area contributed by atoms with Crippen molar-refractivity contribution in [3.63, 3.8) is 0 Å². The highest BCUT2D eigenvalue weighted by molar-refractivity contribution is 8.12. The molecule has 4 nitrogen and oxygen atoms in total. The average Bonchev–Trinajstić information content (AvgIpc) is 2.45. The molecule has 0 aliphatic carbocycles. The van der Waals surface area contributed by atoms with Crippen molar-refractivity contribution < 1.29 is 9.53 Å². The molecule has 0 radical (unpaired) electrons.